The Morgan fingerprint density at radius 2 is 1.90 bits per heavy atom. The van der Waals surface area contributed by atoms with Gasteiger partial charge in [-0.25, -0.2) is 0 Å². The van der Waals surface area contributed by atoms with Crippen LogP contribution in [0.15, 0.2) is 24.3 Å². The average molecular weight is 289 g/mol. The van der Waals surface area contributed by atoms with Gasteiger partial charge < -0.3 is 10.5 Å². The van der Waals surface area contributed by atoms with E-state index in [1.165, 1.54) is 37.7 Å². The molecule has 0 radical (unpaired) electrons. The molecule has 0 aliphatic heterocycles. The third-order valence-corrected chi connectivity index (χ3v) is 4.73. The van der Waals surface area contributed by atoms with E-state index in [0.717, 1.165) is 24.5 Å². The molecular weight excluding hydrogens is 258 g/mol. The lowest BCUT2D eigenvalue weighted by Gasteiger charge is -2.29. The number of ether oxygens (including phenoxy) is 1. The van der Waals surface area contributed by atoms with Gasteiger partial charge in [0.25, 0.3) is 0 Å². The predicted molar refractivity (Wildman–Crippen MR) is 89.6 cm³/mol. The summed E-state index contributed by atoms with van der Waals surface area (Å²) in [4.78, 5) is 0. The Balaban J connectivity index is 2.05. The monoisotopic (exact) mass is 289 g/mol. The highest BCUT2D eigenvalue weighted by Gasteiger charge is 2.30. The molecule has 2 nitrogen and oxygen atoms in total. The van der Waals surface area contributed by atoms with Crippen molar-refractivity contribution in [3.8, 4) is 5.75 Å². The minimum absolute atomic E-state index is 0.140. The fraction of sp³-hybridized carbons (Fsp3) is 0.684. The van der Waals surface area contributed by atoms with Crippen molar-refractivity contribution >= 4 is 0 Å². The maximum atomic E-state index is 6.75. The summed E-state index contributed by atoms with van der Waals surface area (Å²) in [5.41, 5.74) is 7.88. The first-order chi connectivity index (χ1) is 10.0. The SMILES string of the molecule is CCCC1CCCC(N)(c2ccc(OC(C)C)cc2)CC1. The smallest absolute Gasteiger partial charge is 0.119 e. The number of hydrogen-bond acceptors (Lipinski definition) is 2. The lowest BCUT2D eigenvalue weighted by molar-refractivity contribution is 0.242. The summed E-state index contributed by atoms with van der Waals surface area (Å²) in [5, 5.41) is 0. The van der Waals surface area contributed by atoms with E-state index in [1.54, 1.807) is 0 Å². The largest absolute Gasteiger partial charge is 0.491 e. The third kappa shape index (κ3) is 4.47. The van der Waals surface area contributed by atoms with Gasteiger partial charge in [0, 0.05) is 5.54 Å². The van der Waals surface area contributed by atoms with E-state index in [4.69, 9.17) is 10.5 Å². The fourth-order valence-electron chi connectivity index (χ4n) is 3.56. The summed E-state index contributed by atoms with van der Waals surface area (Å²) in [6.45, 7) is 6.39. The lowest BCUT2D eigenvalue weighted by atomic mass is 9.83. The molecule has 118 valence electrons. The molecule has 0 bridgehead atoms. The van der Waals surface area contributed by atoms with Gasteiger partial charge in [-0.1, -0.05) is 44.7 Å². The van der Waals surface area contributed by atoms with Crippen molar-refractivity contribution in [1.82, 2.24) is 0 Å². The highest BCUT2D eigenvalue weighted by molar-refractivity contribution is 5.32. The third-order valence-electron chi connectivity index (χ3n) is 4.73. The van der Waals surface area contributed by atoms with E-state index in [-0.39, 0.29) is 11.6 Å². The van der Waals surface area contributed by atoms with Crippen molar-refractivity contribution in [2.45, 2.75) is 77.4 Å². The number of hydrogen-bond donors (Lipinski definition) is 1. The molecule has 2 heteroatoms. The van der Waals surface area contributed by atoms with Crippen molar-refractivity contribution in [2.75, 3.05) is 0 Å². The molecular formula is C19H31NO. The Labute approximate surface area is 130 Å². The summed E-state index contributed by atoms with van der Waals surface area (Å²) in [7, 11) is 0. The standard InChI is InChI=1S/C19H31NO/c1-4-6-16-7-5-13-19(20,14-12-16)17-8-10-18(11-9-17)21-15(2)3/h8-11,15-16H,4-7,12-14,20H2,1-3H3. The molecule has 2 atom stereocenters. The average Bonchev–Trinajstić information content (AvgIpc) is 2.63. The minimum atomic E-state index is -0.140. The Morgan fingerprint density at radius 3 is 2.52 bits per heavy atom. The van der Waals surface area contributed by atoms with Crippen molar-refractivity contribution in [3.05, 3.63) is 29.8 Å². The van der Waals surface area contributed by atoms with E-state index >= 15 is 0 Å². The molecule has 0 aromatic heterocycles. The van der Waals surface area contributed by atoms with Crippen LogP contribution in [0.1, 0.15) is 71.3 Å². The van der Waals surface area contributed by atoms with Crippen LogP contribution in [0.4, 0.5) is 0 Å². The Morgan fingerprint density at radius 1 is 1.19 bits per heavy atom. The van der Waals surface area contributed by atoms with Gasteiger partial charge in [0.15, 0.2) is 0 Å². The van der Waals surface area contributed by atoms with Crippen molar-refractivity contribution in [3.63, 3.8) is 0 Å². The van der Waals surface area contributed by atoms with E-state index in [9.17, 15) is 0 Å². The second-order valence-corrected chi connectivity index (χ2v) is 6.93. The zero-order valence-corrected chi connectivity index (χ0v) is 13.9. The first kappa shape index (κ1) is 16.4. The highest BCUT2D eigenvalue weighted by atomic mass is 16.5. The number of benzene rings is 1. The van der Waals surface area contributed by atoms with E-state index in [1.807, 2.05) is 0 Å². The molecule has 2 unspecified atom stereocenters. The van der Waals surface area contributed by atoms with Gasteiger partial charge in [-0.05, 0) is 56.7 Å². The van der Waals surface area contributed by atoms with Crippen molar-refractivity contribution in [1.29, 1.82) is 0 Å². The number of rotatable bonds is 5. The zero-order chi connectivity index (χ0) is 15.3. The molecule has 21 heavy (non-hydrogen) atoms. The Bertz CT molecular complexity index is 426. The number of nitrogens with two attached hydrogens (primary N) is 1. The van der Waals surface area contributed by atoms with Crippen molar-refractivity contribution < 1.29 is 4.74 Å². The van der Waals surface area contributed by atoms with Gasteiger partial charge >= 0.3 is 0 Å². The topological polar surface area (TPSA) is 35.2 Å². The summed E-state index contributed by atoms with van der Waals surface area (Å²) in [5.74, 6) is 1.82. The molecule has 1 aliphatic rings. The quantitative estimate of drug-likeness (QED) is 0.773. The first-order valence-electron chi connectivity index (χ1n) is 8.59. The highest BCUT2D eigenvalue weighted by Crippen LogP contribution is 2.37. The van der Waals surface area contributed by atoms with Gasteiger partial charge in [0.1, 0.15) is 5.75 Å². The summed E-state index contributed by atoms with van der Waals surface area (Å²) in [6.07, 6.45) is 8.97. The van der Waals surface area contributed by atoms with Crippen LogP contribution < -0.4 is 10.5 Å². The molecule has 0 saturated heterocycles. The zero-order valence-electron chi connectivity index (χ0n) is 13.9. The van der Waals surface area contributed by atoms with Crippen LogP contribution in [0.25, 0.3) is 0 Å². The normalized spacial score (nSPS) is 26.6. The predicted octanol–water partition coefficient (Wildman–Crippen LogP) is 5.01. The van der Waals surface area contributed by atoms with Crippen LogP contribution in [0.3, 0.4) is 0 Å². The maximum Gasteiger partial charge on any atom is 0.119 e. The van der Waals surface area contributed by atoms with Crippen LogP contribution in [-0.4, -0.2) is 6.10 Å². The molecule has 1 aromatic carbocycles. The molecule has 0 spiro atoms. The molecule has 1 saturated carbocycles. The molecule has 1 aromatic rings. The molecule has 2 N–H and O–H groups in total. The van der Waals surface area contributed by atoms with Gasteiger partial charge in [0.2, 0.25) is 0 Å². The van der Waals surface area contributed by atoms with Crippen LogP contribution in [-0.2, 0) is 5.54 Å². The van der Waals surface area contributed by atoms with Gasteiger partial charge in [-0.3, -0.25) is 0 Å². The first-order valence-corrected chi connectivity index (χ1v) is 8.59. The van der Waals surface area contributed by atoms with Gasteiger partial charge in [-0.15, -0.1) is 0 Å². The second-order valence-electron chi connectivity index (χ2n) is 6.93. The molecule has 0 heterocycles. The molecule has 1 aliphatic carbocycles. The van der Waals surface area contributed by atoms with Crippen LogP contribution in [0.2, 0.25) is 0 Å². The van der Waals surface area contributed by atoms with Crippen LogP contribution in [0.5, 0.6) is 5.75 Å². The summed E-state index contributed by atoms with van der Waals surface area (Å²) >= 11 is 0. The summed E-state index contributed by atoms with van der Waals surface area (Å²) < 4.78 is 5.72. The lowest BCUT2D eigenvalue weighted by Crippen LogP contribution is -2.36. The van der Waals surface area contributed by atoms with E-state index in [2.05, 4.69) is 45.0 Å². The maximum absolute atomic E-state index is 6.75. The molecule has 1 fully saturated rings. The Hall–Kier alpha value is -1.02. The second kappa shape index (κ2) is 7.31. The minimum Gasteiger partial charge on any atom is -0.491 e. The van der Waals surface area contributed by atoms with Crippen LogP contribution >= 0.6 is 0 Å². The fourth-order valence-corrected chi connectivity index (χ4v) is 3.56. The van der Waals surface area contributed by atoms with E-state index < -0.39 is 0 Å². The van der Waals surface area contributed by atoms with Crippen molar-refractivity contribution in [2.24, 2.45) is 11.7 Å². The Kier molecular flexibility index (Phi) is 5.69. The van der Waals surface area contributed by atoms with Gasteiger partial charge in [-0.2, -0.15) is 0 Å². The molecule has 0 amide bonds. The van der Waals surface area contributed by atoms with E-state index in [0.29, 0.717) is 0 Å². The van der Waals surface area contributed by atoms with Crippen LogP contribution in [0, 0.1) is 5.92 Å². The summed E-state index contributed by atoms with van der Waals surface area (Å²) in [6, 6.07) is 8.46. The van der Waals surface area contributed by atoms with Gasteiger partial charge in [0.05, 0.1) is 6.10 Å². The molecule has 2 rings (SSSR count).